The monoisotopic (exact) mass is 270 g/mol. The molecule has 0 aromatic heterocycles. The van der Waals surface area contributed by atoms with E-state index in [1.165, 1.54) is 0 Å². The maximum absolute atomic E-state index is 8.82. The van der Waals surface area contributed by atoms with Crippen molar-refractivity contribution in [3.8, 4) is 0 Å². The third kappa shape index (κ3) is 3.81. The Kier molecular flexibility index (Phi) is 5.01. The van der Waals surface area contributed by atoms with E-state index in [2.05, 4.69) is 21.9 Å². The van der Waals surface area contributed by atoms with Crippen LogP contribution in [0.4, 0.5) is 0 Å². The molecule has 2 aliphatic rings. The van der Waals surface area contributed by atoms with Crippen molar-refractivity contribution in [2.75, 3.05) is 52.5 Å². The van der Waals surface area contributed by atoms with Gasteiger partial charge in [-0.15, -0.1) is 0 Å². The Labute approximate surface area is 115 Å². The van der Waals surface area contributed by atoms with Gasteiger partial charge in [-0.05, 0) is 25.9 Å². The number of hydrogen-bond donors (Lipinski definition) is 2. The quantitative estimate of drug-likeness (QED) is 0.330. The molecule has 0 aromatic rings. The fraction of sp³-hybridized carbons (Fsp3) is 0.923. The van der Waals surface area contributed by atoms with Gasteiger partial charge in [0, 0.05) is 31.6 Å². The zero-order valence-electron chi connectivity index (χ0n) is 11.8. The number of ether oxygens (including phenoxy) is 1. The van der Waals surface area contributed by atoms with Crippen LogP contribution in [-0.2, 0) is 4.74 Å². The molecule has 2 fully saturated rings. The number of amidine groups is 1. The molecule has 2 rings (SSSR count). The molecular formula is C13H26N4O2. The minimum absolute atomic E-state index is 0.135. The average Bonchev–Trinajstić information content (AvgIpc) is 2.47. The highest BCUT2D eigenvalue weighted by Gasteiger charge is 2.34. The molecule has 6 heteroatoms. The predicted molar refractivity (Wildman–Crippen MR) is 74.4 cm³/mol. The molecule has 0 spiro atoms. The third-order valence-electron chi connectivity index (χ3n) is 4.52. The summed E-state index contributed by atoms with van der Waals surface area (Å²) in [6.45, 7) is 10.2. The molecule has 2 aliphatic heterocycles. The van der Waals surface area contributed by atoms with E-state index in [1.807, 2.05) is 0 Å². The zero-order chi connectivity index (χ0) is 13.7. The van der Waals surface area contributed by atoms with Crippen LogP contribution >= 0.6 is 0 Å². The Balaban J connectivity index is 1.71. The van der Waals surface area contributed by atoms with E-state index in [9.17, 15) is 0 Å². The second kappa shape index (κ2) is 6.54. The summed E-state index contributed by atoms with van der Waals surface area (Å²) in [7, 11) is 0. The normalized spacial score (nSPS) is 26.5. The summed E-state index contributed by atoms with van der Waals surface area (Å²) in [6, 6.07) is 0. The lowest BCUT2D eigenvalue weighted by Gasteiger charge is -2.39. The smallest absolute Gasteiger partial charge is 0.145 e. The lowest BCUT2D eigenvalue weighted by Crippen LogP contribution is -2.48. The van der Waals surface area contributed by atoms with Gasteiger partial charge in [0.2, 0.25) is 0 Å². The first-order chi connectivity index (χ1) is 9.14. The van der Waals surface area contributed by atoms with Gasteiger partial charge in [-0.2, -0.15) is 0 Å². The first-order valence-corrected chi connectivity index (χ1v) is 7.14. The number of likely N-dealkylation sites (tertiary alicyclic amines) is 1. The van der Waals surface area contributed by atoms with Crippen LogP contribution in [0.5, 0.6) is 0 Å². The van der Waals surface area contributed by atoms with Crippen LogP contribution in [0, 0.1) is 5.41 Å². The molecule has 0 amide bonds. The maximum Gasteiger partial charge on any atom is 0.145 e. The molecule has 0 saturated carbocycles. The number of morpholine rings is 1. The van der Waals surface area contributed by atoms with Gasteiger partial charge in [0.05, 0.1) is 13.2 Å². The van der Waals surface area contributed by atoms with Crippen molar-refractivity contribution in [1.29, 1.82) is 0 Å². The van der Waals surface area contributed by atoms with Gasteiger partial charge in [-0.25, -0.2) is 0 Å². The molecule has 0 aliphatic carbocycles. The molecule has 0 unspecified atom stereocenters. The van der Waals surface area contributed by atoms with E-state index in [1.54, 1.807) is 0 Å². The minimum atomic E-state index is -0.135. The molecular weight excluding hydrogens is 244 g/mol. The zero-order valence-corrected chi connectivity index (χ0v) is 11.8. The van der Waals surface area contributed by atoms with Gasteiger partial charge < -0.3 is 20.6 Å². The summed E-state index contributed by atoms with van der Waals surface area (Å²) in [5.41, 5.74) is 5.64. The summed E-state index contributed by atoms with van der Waals surface area (Å²) in [4.78, 5) is 4.93. The van der Waals surface area contributed by atoms with E-state index in [0.717, 1.165) is 65.3 Å². The van der Waals surface area contributed by atoms with Gasteiger partial charge >= 0.3 is 0 Å². The number of nitrogens with zero attached hydrogens (tertiary/aromatic N) is 3. The van der Waals surface area contributed by atoms with E-state index in [-0.39, 0.29) is 5.41 Å². The fourth-order valence-corrected chi connectivity index (χ4v) is 2.75. The SMILES string of the molecule is CC1(C(N)=NO)CCN(CCN2CCOCC2)CC1. The standard InChI is InChI=1S/C13H26N4O2/c1-13(12(14)15-18)2-4-16(5-3-13)6-7-17-8-10-19-11-9-17/h18H,2-11H2,1H3,(H2,14,15). The van der Waals surface area contributed by atoms with E-state index >= 15 is 0 Å². The molecule has 0 atom stereocenters. The summed E-state index contributed by atoms with van der Waals surface area (Å²) in [5.74, 6) is 0.375. The van der Waals surface area contributed by atoms with Crippen molar-refractivity contribution in [3.63, 3.8) is 0 Å². The highest BCUT2D eigenvalue weighted by Crippen LogP contribution is 2.30. The van der Waals surface area contributed by atoms with Crippen LogP contribution in [0.1, 0.15) is 19.8 Å². The average molecular weight is 270 g/mol. The Hall–Kier alpha value is -0.850. The lowest BCUT2D eigenvalue weighted by atomic mass is 9.79. The van der Waals surface area contributed by atoms with Crippen LogP contribution in [0.25, 0.3) is 0 Å². The van der Waals surface area contributed by atoms with Crippen molar-refractivity contribution in [1.82, 2.24) is 9.80 Å². The second-order valence-corrected chi connectivity index (χ2v) is 5.84. The van der Waals surface area contributed by atoms with Crippen molar-refractivity contribution in [3.05, 3.63) is 0 Å². The Morgan fingerprint density at radius 1 is 1.16 bits per heavy atom. The molecule has 0 radical (unpaired) electrons. The molecule has 3 N–H and O–H groups in total. The van der Waals surface area contributed by atoms with Crippen LogP contribution in [0.3, 0.4) is 0 Å². The number of nitrogens with two attached hydrogens (primary N) is 1. The van der Waals surface area contributed by atoms with Crippen molar-refractivity contribution < 1.29 is 9.94 Å². The molecule has 2 saturated heterocycles. The summed E-state index contributed by atoms with van der Waals surface area (Å²) >= 11 is 0. The first kappa shape index (κ1) is 14.6. The highest BCUT2D eigenvalue weighted by molar-refractivity contribution is 5.85. The first-order valence-electron chi connectivity index (χ1n) is 7.14. The molecule has 6 nitrogen and oxygen atoms in total. The summed E-state index contributed by atoms with van der Waals surface area (Å²) in [5, 5.41) is 12.0. The number of rotatable bonds is 4. The second-order valence-electron chi connectivity index (χ2n) is 5.84. The third-order valence-corrected chi connectivity index (χ3v) is 4.52. The maximum atomic E-state index is 8.82. The Bertz CT molecular complexity index is 308. The van der Waals surface area contributed by atoms with Crippen molar-refractivity contribution >= 4 is 5.84 Å². The van der Waals surface area contributed by atoms with Crippen LogP contribution < -0.4 is 5.73 Å². The van der Waals surface area contributed by atoms with Gasteiger partial charge in [0.15, 0.2) is 0 Å². The van der Waals surface area contributed by atoms with E-state index < -0.39 is 0 Å². The Morgan fingerprint density at radius 3 is 2.21 bits per heavy atom. The van der Waals surface area contributed by atoms with Gasteiger partial charge in [0.1, 0.15) is 5.84 Å². The minimum Gasteiger partial charge on any atom is -0.409 e. The van der Waals surface area contributed by atoms with Crippen LogP contribution in [0.15, 0.2) is 5.16 Å². The predicted octanol–water partition coefficient (Wildman–Crippen LogP) is 0.167. The lowest BCUT2D eigenvalue weighted by molar-refractivity contribution is 0.0307. The van der Waals surface area contributed by atoms with Crippen molar-refractivity contribution in [2.24, 2.45) is 16.3 Å². The van der Waals surface area contributed by atoms with E-state index in [4.69, 9.17) is 15.7 Å². The van der Waals surface area contributed by atoms with Gasteiger partial charge in [-0.1, -0.05) is 12.1 Å². The van der Waals surface area contributed by atoms with Crippen LogP contribution in [0.2, 0.25) is 0 Å². The number of oxime groups is 1. The van der Waals surface area contributed by atoms with Gasteiger partial charge in [0.25, 0.3) is 0 Å². The number of piperidine rings is 1. The summed E-state index contributed by atoms with van der Waals surface area (Å²) < 4.78 is 5.35. The topological polar surface area (TPSA) is 74.3 Å². The van der Waals surface area contributed by atoms with Gasteiger partial charge in [-0.3, -0.25) is 4.90 Å². The van der Waals surface area contributed by atoms with Crippen LogP contribution in [-0.4, -0.2) is 73.3 Å². The summed E-state index contributed by atoms with van der Waals surface area (Å²) in [6.07, 6.45) is 1.93. The Morgan fingerprint density at radius 2 is 1.68 bits per heavy atom. The number of hydrogen-bond acceptors (Lipinski definition) is 5. The molecule has 19 heavy (non-hydrogen) atoms. The molecule has 0 bridgehead atoms. The fourth-order valence-electron chi connectivity index (χ4n) is 2.75. The van der Waals surface area contributed by atoms with E-state index in [0.29, 0.717) is 5.84 Å². The molecule has 110 valence electrons. The molecule has 2 heterocycles. The van der Waals surface area contributed by atoms with Crippen molar-refractivity contribution in [2.45, 2.75) is 19.8 Å². The highest BCUT2D eigenvalue weighted by atomic mass is 16.5. The molecule has 0 aromatic carbocycles. The largest absolute Gasteiger partial charge is 0.409 e.